The summed E-state index contributed by atoms with van der Waals surface area (Å²) < 4.78 is 0. The summed E-state index contributed by atoms with van der Waals surface area (Å²) in [6, 6.07) is 6.12. The maximum atomic E-state index is 11.0. The Morgan fingerprint density at radius 1 is 1.47 bits per heavy atom. The van der Waals surface area contributed by atoms with Crippen LogP contribution in [0.15, 0.2) is 18.2 Å². The van der Waals surface area contributed by atoms with Crippen LogP contribution in [0.25, 0.3) is 0 Å². The lowest BCUT2D eigenvalue weighted by molar-refractivity contribution is -0.114. The van der Waals surface area contributed by atoms with Crippen molar-refractivity contribution in [2.45, 2.75) is 32.0 Å². The highest BCUT2D eigenvalue weighted by molar-refractivity contribution is 9.08. The highest BCUT2D eigenvalue weighted by Gasteiger charge is 2.08. The number of carbonyl (C=O) groups excluding carboxylic acids is 1. The zero-order valence-corrected chi connectivity index (χ0v) is 10.9. The fourth-order valence-corrected chi connectivity index (χ4v) is 1.83. The van der Waals surface area contributed by atoms with E-state index in [9.17, 15) is 4.79 Å². The molecule has 15 heavy (non-hydrogen) atoms. The Morgan fingerprint density at radius 2 is 2.13 bits per heavy atom. The van der Waals surface area contributed by atoms with Gasteiger partial charge in [0.15, 0.2) is 0 Å². The monoisotopic (exact) mass is 269 g/mol. The number of anilines is 1. The van der Waals surface area contributed by atoms with Crippen LogP contribution < -0.4 is 5.32 Å². The van der Waals surface area contributed by atoms with Crippen molar-refractivity contribution in [2.24, 2.45) is 0 Å². The van der Waals surface area contributed by atoms with Crippen LogP contribution in [0.3, 0.4) is 0 Å². The Bertz CT molecular complexity index is 361. The van der Waals surface area contributed by atoms with Crippen molar-refractivity contribution >= 4 is 27.5 Å². The summed E-state index contributed by atoms with van der Waals surface area (Å²) in [5, 5.41) is 3.69. The fraction of sp³-hybridized carbons (Fsp3) is 0.417. The van der Waals surface area contributed by atoms with Gasteiger partial charge in [0.05, 0.1) is 0 Å². The van der Waals surface area contributed by atoms with Gasteiger partial charge in [-0.1, -0.05) is 41.9 Å². The van der Waals surface area contributed by atoms with Crippen molar-refractivity contribution in [2.75, 3.05) is 5.32 Å². The Morgan fingerprint density at radius 3 is 2.60 bits per heavy atom. The number of hydrogen-bond acceptors (Lipinski definition) is 1. The van der Waals surface area contributed by atoms with Crippen molar-refractivity contribution < 1.29 is 4.79 Å². The van der Waals surface area contributed by atoms with Crippen LogP contribution in [0.5, 0.6) is 0 Å². The third kappa shape index (κ3) is 3.34. The van der Waals surface area contributed by atoms with Crippen LogP contribution in [-0.4, -0.2) is 5.91 Å². The molecule has 1 aromatic carbocycles. The summed E-state index contributed by atoms with van der Waals surface area (Å²) in [5.74, 6) is 0.384. The molecule has 0 spiro atoms. The molecule has 1 amide bonds. The van der Waals surface area contributed by atoms with Gasteiger partial charge in [-0.05, 0) is 23.1 Å². The molecule has 3 heteroatoms. The number of hydrogen-bond donors (Lipinski definition) is 1. The predicted molar refractivity (Wildman–Crippen MR) is 67.5 cm³/mol. The Balaban J connectivity index is 3.09. The van der Waals surface area contributed by atoms with Crippen LogP contribution in [0, 0.1) is 0 Å². The Kier molecular flexibility index (Phi) is 4.33. The lowest BCUT2D eigenvalue weighted by atomic mass is 9.99. The minimum Gasteiger partial charge on any atom is -0.326 e. The molecule has 1 rings (SSSR count). The zero-order valence-electron chi connectivity index (χ0n) is 9.30. The first-order chi connectivity index (χ1) is 7.04. The highest BCUT2D eigenvalue weighted by atomic mass is 79.9. The maximum absolute atomic E-state index is 11.0. The maximum Gasteiger partial charge on any atom is 0.221 e. The number of carbonyl (C=O) groups is 1. The average Bonchev–Trinajstić information content (AvgIpc) is 2.17. The summed E-state index contributed by atoms with van der Waals surface area (Å²) in [4.78, 5) is 11.0. The van der Waals surface area contributed by atoms with Crippen LogP contribution in [0.4, 0.5) is 5.69 Å². The van der Waals surface area contributed by atoms with Crippen LogP contribution >= 0.6 is 15.9 Å². The lowest BCUT2D eigenvalue weighted by Gasteiger charge is -2.14. The molecule has 0 saturated carbocycles. The van der Waals surface area contributed by atoms with E-state index in [4.69, 9.17) is 0 Å². The molecule has 0 unspecified atom stereocenters. The molecule has 0 saturated heterocycles. The molecule has 0 atom stereocenters. The van der Waals surface area contributed by atoms with E-state index in [1.54, 1.807) is 0 Å². The van der Waals surface area contributed by atoms with Crippen molar-refractivity contribution in [3.63, 3.8) is 0 Å². The molecule has 1 aromatic rings. The second-order valence-corrected chi connectivity index (χ2v) is 4.45. The van der Waals surface area contributed by atoms with E-state index in [0.717, 1.165) is 11.0 Å². The van der Waals surface area contributed by atoms with E-state index in [2.05, 4.69) is 41.2 Å². The molecule has 0 aliphatic carbocycles. The Labute approximate surface area is 99.2 Å². The van der Waals surface area contributed by atoms with Crippen LogP contribution in [0.1, 0.15) is 37.8 Å². The van der Waals surface area contributed by atoms with E-state index in [1.165, 1.54) is 18.1 Å². The first-order valence-corrected chi connectivity index (χ1v) is 6.13. The third-order valence-corrected chi connectivity index (χ3v) is 2.85. The first kappa shape index (κ1) is 12.2. The molecule has 0 fully saturated rings. The van der Waals surface area contributed by atoms with E-state index < -0.39 is 0 Å². The molecular weight excluding hydrogens is 254 g/mol. The summed E-state index contributed by atoms with van der Waals surface area (Å²) in [7, 11) is 0. The van der Waals surface area contributed by atoms with Gasteiger partial charge in [0.2, 0.25) is 5.91 Å². The topological polar surface area (TPSA) is 29.1 Å². The number of halogens is 1. The van der Waals surface area contributed by atoms with Gasteiger partial charge in [0.25, 0.3) is 0 Å². The van der Waals surface area contributed by atoms with Crippen LogP contribution in [-0.2, 0) is 10.1 Å². The summed E-state index contributed by atoms with van der Waals surface area (Å²) in [5.41, 5.74) is 3.33. The van der Waals surface area contributed by atoms with Gasteiger partial charge in [-0.3, -0.25) is 4.79 Å². The minimum absolute atomic E-state index is 0.0245. The van der Waals surface area contributed by atoms with Gasteiger partial charge in [-0.25, -0.2) is 0 Å². The van der Waals surface area contributed by atoms with Crippen molar-refractivity contribution in [1.82, 2.24) is 0 Å². The SMILES string of the molecule is CC(=O)Nc1ccc(CBr)cc1C(C)C. The van der Waals surface area contributed by atoms with Gasteiger partial charge in [-0.2, -0.15) is 0 Å². The van der Waals surface area contributed by atoms with E-state index >= 15 is 0 Å². The first-order valence-electron chi connectivity index (χ1n) is 5.01. The molecule has 2 nitrogen and oxygen atoms in total. The largest absolute Gasteiger partial charge is 0.326 e. The quantitative estimate of drug-likeness (QED) is 0.834. The van der Waals surface area contributed by atoms with Crippen molar-refractivity contribution in [1.29, 1.82) is 0 Å². The van der Waals surface area contributed by atoms with Gasteiger partial charge < -0.3 is 5.32 Å². The molecule has 0 aliphatic rings. The molecule has 0 aromatic heterocycles. The number of amides is 1. The van der Waals surface area contributed by atoms with Crippen LogP contribution in [0.2, 0.25) is 0 Å². The smallest absolute Gasteiger partial charge is 0.221 e. The molecule has 1 N–H and O–H groups in total. The second kappa shape index (κ2) is 5.31. The molecular formula is C12H16BrNO. The van der Waals surface area contributed by atoms with Gasteiger partial charge in [0.1, 0.15) is 0 Å². The van der Waals surface area contributed by atoms with Gasteiger partial charge in [0, 0.05) is 17.9 Å². The fourth-order valence-electron chi connectivity index (χ4n) is 1.48. The standard InChI is InChI=1S/C12H16BrNO/c1-8(2)11-6-10(7-13)4-5-12(11)14-9(3)15/h4-6,8H,7H2,1-3H3,(H,14,15). The van der Waals surface area contributed by atoms with Gasteiger partial charge >= 0.3 is 0 Å². The van der Waals surface area contributed by atoms with Gasteiger partial charge in [-0.15, -0.1) is 0 Å². The number of alkyl halides is 1. The average molecular weight is 270 g/mol. The number of nitrogens with one attached hydrogen (secondary N) is 1. The normalized spacial score (nSPS) is 10.5. The highest BCUT2D eigenvalue weighted by Crippen LogP contribution is 2.26. The minimum atomic E-state index is -0.0245. The summed E-state index contributed by atoms with van der Waals surface area (Å²) in [6.07, 6.45) is 0. The molecule has 0 heterocycles. The lowest BCUT2D eigenvalue weighted by Crippen LogP contribution is -2.09. The summed E-state index contributed by atoms with van der Waals surface area (Å²) >= 11 is 3.43. The van der Waals surface area contributed by atoms with Crippen molar-refractivity contribution in [3.8, 4) is 0 Å². The predicted octanol–water partition coefficient (Wildman–Crippen LogP) is 3.66. The number of benzene rings is 1. The van der Waals surface area contributed by atoms with E-state index in [-0.39, 0.29) is 5.91 Å². The Hall–Kier alpha value is -0.830. The molecule has 0 bridgehead atoms. The van der Waals surface area contributed by atoms with E-state index in [1.807, 2.05) is 12.1 Å². The summed E-state index contributed by atoms with van der Waals surface area (Å²) in [6.45, 7) is 5.78. The third-order valence-electron chi connectivity index (χ3n) is 2.20. The molecule has 0 radical (unpaired) electrons. The molecule has 0 aliphatic heterocycles. The van der Waals surface area contributed by atoms with E-state index in [0.29, 0.717) is 5.92 Å². The zero-order chi connectivity index (χ0) is 11.4. The second-order valence-electron chi connectivity index (χ2n) is 3.89. The molecule has 82 valence electrons. The number of rotatable bonds is 3. The van der Waals surface area contributed by atoms with Crippen molar-refractivity contribution in [3.05, 3.63) is 29.3 Å².